The van der Waals surface area contributed by atoms with Crippen molar-refractivity contribution in [3.8, 4) is 0 Å². The highest BCUT2D eigenvalue weighted by molar-refractivity contribution is 5.75. The molecule has 0 atom stereocenters. The molecule has 0 aliphatic heterocycles. The Balaban J connectivity index is 0. The number of carbonyl (C=O) groups excluding carboxylic acids is 1. The van der Waals surface area contributed by atoms with Crippen LogP contribution in [-0.4, -0.2) is 12.5 Å². The summed E-state index contributed by atoms with van der Waals surface area (Å²) in [6, 6.07) is 0. The summed E-state index contributed by atoms with van der Waals surface area (Å²) in [5.74, 6) is 0.776. The largest absolute Gasteiger partial charge is 0.356 e. The first-order valence-electron chi connectivity index (χ1n) is 6.43. The average molecular weight is 229 g/mol. The predicted molar refractivity (Wildman–Crippen MR) is 72.6 cm³/mol. The number of hydrogen-bond acceptors (Lipinski definition) is 1. The molecule has 0 bridgehead atoms. The van der Waals surface area contributed by atoms with Crippen molar-refractivity contribution < 1.29 is 4.79 Å². The molecule has 0 aromatic heterocycles. The van der Waals surface area contributed by atoms with E-state index in [-0.39, 0.29) is 13.3 Å². The predicted octanol–water partition coefficient (Wildman–Crippen LogP) is 4.15. The van der Waals surface area contributed by atoms with Gasteiger partial charge >= 0.3 is 0 Å². The second kappa shape index (κ2) is 12.5. The molecule has 0 aliphatic carbocycles. The molecule has 98 valence electrons. The van der Waals surface area contributed by atoms with E-state index in [1.165, 1.54) is 32.1 Å². The molecule has 0 rings (SSSR count). The van der Waals surface area contributed by atoms with Crippen LogP contribution in [0.5, 0.6) is 0 Å². The van der Waals surface area contributed by atoms with Crippen molar-refractivity contribution in [3.63, 3.8) is 0 Å². The van der Waals surface area contributed by atoms with Crippen LogP contribution in [0, 0.1) is 5.92 Å². The Labute approximate surface area is 102 Å². The second-order valence-electron chi connectivity index (χ2n) is 4.72. The Hall–Kier alpha value is -0.530. The monoisotopic (exact) mass is 229 g/mol. The van der Waals surface area contributed by atoms with Gasteiger partial charge in [0.05, 0.1) is 0 Å². The Bertz CT molecular complexity index is 155. The van der Waals surface area contributed by atoms with E-state index in [1.807, 2.05) is 0 Å². The minimum Gasteiger partial charge on any atom is -0.356 e. The van der Waals surface area contributed by atoms with Gasteiger partial charge in [0.2, 0.25) is 5.91 Å². The van der Waals surface area contributed by atoms with Gasteiger partial charge in [0, 0.05) is 13.0 Å². The lowest BCUT2D eigenvalue weighted by Crippen LogP contribution is -2.26. The highest BCUT2D eigenvalue weighted by Crippen LogP contribution is 2.06. The molecule has 0 aliphatic rings. The number of unbranched alkanes of at least 4 members (excludes halogenated alkanes) is 5. The summed E-state index contributed by atoms with van der Waals surface area (Å²) in [4.78, 5) is 11.3. The smallest absolute Gasteiger partial charge is 0.220 e. The summed E-state index contributed by atoms with van der Waals surface area (Å²) >= 11 is 0. The maximum atomic E-state index is 11.3. The number of carbonyl (C=O) groups is 1. The highest BCUT2D eigenvalue weighted by atomic mass is 16.1. The van der Waals surface area contributed by atoms with E-state index in [0.29, 0.717) is 12.3 Å². The molecule has 0 saturated heterocycles. The van der Waals surface area contributed by atoms with E-state index in [0.717, 1.165) is 13.0 Å². The third kappa shape index (κ3) is 13.5. The van der Waals surface area contributed by atoms with Gasteiger partial charge in [-0.1, -0.05) is 60.3 Å². The molecule has 0 unspecified atom stereocenters. The third-order valence-electron chi connectivity index (χ3n) is 2.46. The molecule has 0 heterocycles. The van der Waals surface area contributed by atoms with Crippen LogP contribution < -0.4 is 5.32 Å². The fraction of sp³-hybridized carbons (Fsp3) is 0.929. The number of nitrogens with one attached hydrogen (secondary N) is 1. The molecular formula is C14H31NO. The minimum atomic E-state index is 0. The molecule has 0 aromatic rings. The van der Waals surface area contributed by atoms with Crippen molar-refractivity contribution in [1.82, 2.24) is 5.32 Å². The number of hydrogen-bond donors (Lipinski definition) is 1. The number of rotatable bonds is 9. The molecule has 1 amide bonds. The standard InChI is InChI=1S/C13H27NO.CH4/c1-4-5-6-7-8-9-10-13(15)14-11-12(2)3;/h12H,4-11H2,1-3H3,(H,14,15);1H4. The van der Waals surface area contributed by atoms with Crippen molar-refractivity contribution in [2.24, 2.45) is 5.92 Å². The van der Waals surface area contributed by atoms with Crippen molar-refractivity contribution in [2.45, 2.75) is 73.1 Å². The third-order valence-corrected chi connectivity index (χ3v) is 2.46. The van der Waals surface area contributed by atoms with Crippen LogP contribution in [0.25, 0.3) is 0 Å². The van der Waals surface area contributed by atoms with Gasteiger partial charge in [-0.25, -0.2) is 0 Å². The molecule has 0 aromatic carbocycles. The van der Waals surface area contributed by atoms with Crippen LogP contribution in [0.2, 0.25) is 0 Å². The van der Waals surface area contributed by atoms with Crippen LogP contribution in [0.3, 0.4) is 0 Å². The van der Waals surface area contributed by atoms with E-state index in [9.17, 15) is 4.79 Å². The molecule has 0 saturated carbocycles. The molecular weight excluding hydrogens is 198 g/mol. The average Bonchev–Trinajstić information content (AvgIpc) is 2.20. The van der Waals surface area contributed by atoms with Crippen LogP contribution in [-0.2, 0) is 4.79 Å². The summed E-state index contributed by atoms with van der Waals surface area (Å²) in [6.07, 6.45) is 8.19. The molecule has 0 fully saturated rings. The van der Waals surface area contributed by atoms with Crippen molar-refractivity contribution in [3.05, 3.63) is 0 Å². The maximum Gasteiger partial charge on any atom is 0.220 e. The van der Waals surface area contributed by atoms with Gasteiger partial charge in [-0.3, -0.25) is 4.79 Å². The molecule has 0 spiro atoms. The molecule has 16 heavy (non-hydrogen) atoms. The normalized spacial score (nSPS) is 10.0. The van der Waals surface area contributed by atoms with Gasteiger partial charge in [-0.2, -0.15) is 0 Å². The Kier molecular flexibility index (Phi) is 14.0. The van der Waals surface area contributed by atoms with Crippen molar-refractivity contribution in [1.29, 1.82) is 0 Å². The second-order valence-corrected chi connectivity index (χ2v) is 4.72. The minimum absolute atomic E-state index is 0. The zero-order chi connectivity index (χ0) is 11.5. The Morgan fingerprint density at radius 3 is 2.19 bits per heavy atom. The SMILES string of the molecule is C.CCCCCCCCC(=O)NCC(C)C. The zero-order valence-electron chi connectivity index (χ0n) is 10.6. The summed E-state index contributed by atoms with van der Waals surface area (Å²) in [5, 5.41) is 2.95. The van der Waals surface area contributed by atoms with Crippen molar-refractivity contribution >= 4 is 5.91 Å². The summed E-state index contributed by atoms with van der Waals surface area (Å²) in [7, 11) is 0. The highest BCUT2D eigenvalue weighted by Gasteiger charge is 2.01. The van der Waals surface area contributed by atoms with Gasteiger partial charge in [-0.15, -0.1) is 0 Å². The van der Waals surface area contributed by atoms with Gasteiger partial charge in [-0.05, 0) is 12.3 Å². The lowest BCUT2D eigenvalue weighted by atomic mass is 10.1. The molecule has 2 nitrogen and oxygen atoms in total. The fourth-order valence-electron chi connectivity index (χ4n) is 1.47. The van der Waals surface area contributed by atoms with Crippen LogP contribution in [0.1, 0.15) is 73.1 Å². The molecule has 1 N–H and O–H groups in total. The topological polar surface area (TPSA) is 29.1 Å². The van der Waals surface area contributed by atoms with Crippen LogP contribution in [0.15, 0.2) is 0 Å². The maximum absolute atomic E-state index is 11.3. The first kappa shape index (κ1) is 17.9. The zero-order valence-corrected chi connectivity index (χ0v) is 10.6. The molecule has 2 heteroatoms. The van der Waals surface area contributed by atoms with Gasteiger partial charge in [0.1, 0.15) is 0 Å². The van der Waals surface area contributed by atoms with E-state index >= 15 is 0 Å². The Morgan fingerprint density at radius 2 is 1.62 bits per heavy atom. The van der Waals surface area contributed by atoms with Gasteiger partial charge < -0.3 is 5.32 Å². The van der Waals surface area contributed by atoms with Gasteiger partial charge in [0.25, 0.3) is 0 Å². The Morgan fingerprint density at radius 1 is 1.06 bits per heavy atom. The first-order valence-corrected chi connectivity index (χ1v) is 6.43. The lowest BCUT2D eigenvalue weighted by Gasteiger charge is -2.07. The molecule has 0 radical (unpaired) electrons. The van der Waals surface area contributed by atoms with Gasteiger partial charge in [0.15, 0.2) is 0 Å². The van der Waals surface area contributed by atoms with E-state index in [1.54, 1.807) is 0 Å². The summed E-state index contributed by atoms with van der Waals surface area (Å²) in [6.45, 7) is 7.27. The quantitative estimate of drug-likeness (QED) is 0.591. The lowest BCUT2D eigenvalue weighted by molar-refractivity contribution is -0.121. The van der Waals surface area contributed by atoms with E-state index < -0.39 is 0 Å². The number of amides is 1. The summed E-state index contributed by atoms with van der Waals surface area (Å²) in [5.41, 5.74) is 0. The summed E-state index contributed by atoms with van der Waals surface area (Å²) < 4.78 is 0. The van der Waals surface area contributed by atoms with E-state index in [2.05, 4.69) is 26.1 Å². The van der Waals surface area contributed by atoms with Crippen LogP contribution in [0.4, 0.5) is 0 Å². The fourth-order valence-corrected chi connectivity index (χ4v) is 1.47. The van der Waals surface area contributed by atoms with Crippen molar-refractivity contribution in [2.75, 3.05) is 6.54 Å². The van der Waals surface area contributed by atoms with Crippen LogP contribution >= 0.6 is 0 Å². The first-order chi connectivity index (χ1) is 7.16. The van der Waals surface area contributed by atoms with E-state index in [4.69, 9.17) is 0 Å².